The van der Waals surface area contributed by atoms with Gasteiger partial charge in [0.15, 0.2) is 0 Å². The van der Waals surface area contributed by atoms with Gasteiger partial charge in [-0.2, -0.15) is 0 Å². The largest absolute Gasteiger partial charge is 0.490 e. The molecule has 0 aliphatic heterocycles. The van der Waals surface area contributed by atoms with Crippen LogP contribution in [-0.4, -0.2) is 24.8 Å². The zero-order chi connectivity index (χ0) is 13.4. The Morgan fingerprint density at radius 2 is 2.11 bits per heavy atom. The van der Waals surface area contributed by atoms with Gasteiger partial charge in [-0.25, -0.2) is 4.39 Å². The fourth-order valence-electron chi connectivity index (χ4n) is 1.42. The molecule has 18 heavy (non-hydrogen) atoms. The normalized spacial score (nSPS) is 10.3. The second kappa shape index (κ2) is 8.00. The van der Waals surface area contributed by atoms with Gasteiger partial charge >= 0.3 is 0 Å². The Hall–Kier alpha value is -1.20. The van der Waals surface area contributed by atoms with Crippen LogP contribution in [-0.2, 0) is 4.74 Å². The molecule has 3 nitrogen and oxygen atoms in total. The molecular weight excluding hydrogens is 253 g/mol. The summed E-state index contributed by atoms with van der Waals surface area (Å²) >= 11 is 4.80. The molecule has 0 saturated carbocycles. The molecule has 0 aliphatic carbocycles. The summed E-state index contributed by atoms with van der Waals surface area (Å²) in [6, 6.07) is 4.51. The Morgan fingerprint density at radius 1 is 1.33 bits per heavy atom. The summed E-state index contributed by atoms with van der Waals surface area (Å²) < 4.78 is 24.3. The molecule has 0 bridgehead atoms. The Morgan fingerprint density at radius 3 is 2.78 bits per heavy atom. The second-order valence-electron chi connectivity index (χ2n) is 3.79. The van der Waals surface area contributed by atoms with Gasteiger partial charge in [0.2, 0.25) is 0 Å². The fraction of sp³-hybridized carbons (Fsp3) is 0.462. The molecule has 0 unspecified atom stereocenters. The van der Waals surface area contributed by atoms with E-state index in [4.69, 9.17) is 27.4 Å². The summed E-state index contributed by atoms with van der Waals surface area (Å²) in [7, 11) is 0. The van der Waals surface area contributed by atoms with Gasteiger partial charge in [-0.3, -0.25) is 0 Å². The van der Waals surface area contributed by atoms with Crippen LogP contribution in [0.1, 0.15) is 25.3 Å². The summed E-state index contributed by atoms with van der Waals surface area (Å²) in [5.41, 5.74) is 5.62. The number of hydrogen-bond donors (Lipinski definition) is 1. The zero-order valence-electron chi connectivity index (χ0n) is 10.4. The second-order valence-corrected chi connectivity index (χ2v) is 4.23. The first-order valence-corrected chi connectivity index (χ1v) is 6.36. The predicted octanol–water partition coefficient (Wildman–Crippen LogP) is 2.66. The first-order chi connectivity index (χ1) is 8.66. The molecule has 100 valence electrons. The summed E-state index contributed by atoms with van der Waals surface area (Å²) in [6.45, 7) is 3.63. The van der Waals surface area contributed by atoms with E-state index in [1.54, 1.807) is 12.1 Å². The van der Waals surface area contributed by atoms with Gasteiger partial charge in [0, 0.05) is 6.61 Å². The average Bonchev–Trinajstić information content (AvgIpc) is 2.33. The van der Waals surface area contributed by atoms with Gasteiger partial charge < -0.3 is 15.2 Å². The van der Waals surface area contributed by atoms with Crippen molar-refractivity contribution in [1.82, 2.24) is 0 Å². The fourth-order valence-corrected chi connectivity index (χ4v) is 1.62. The van der Waals surface area contributed by atoms with E-state index in [9.17, 15) is 4.39 Å². The van der Waals surface area contributed by atoms with E-state index in [1.165, 1.54) is 6.07 Å². The van der Waals surface area contributed by atoms with Crippen LogP contribution in [0.5, 0.6) is 5.75 Å². The van der Waals surface area contributed by atoms with Crippen molar-refractivity contribution in [2.24, 2.45) is 5.73 Å². The summed E-state index contributed by atoms with van der Waals surface area (Å²) in [4.78, 5) is -0.00463. The van der Waals surface area contributed by atoms with E-state index in [1.807, 2.05) is 0 Å². The van der Waals surface area contributed by atoms with Crippen molar-refractivity contribution in [2.75, 3.05) is 19.8 Å². The van der Waals surface area contributed by atoms with Crippen molar-refractivity contribution < 1.29 is 13.9 Å². The Labute approximate surface area is 112 Å². The Balaban J connectivity index is 2.47. The quantitative estimate of drug-likeness (QED) is 0.583. The lowest BCUT2D eigenvalue weighted by Crippen LogP contribution is -2.15. The minimum Gasteiger partial charge on any atom is -0.490 e. The van der Waals surface area contributed by atoms with Crippen LogP contribution in [0.2, 0.25) is 0 Å². The van der Waals surface area contributed by atoms with Crippen molar-refractivity contribution in [1.29, 1.82) is 0 Å². The molecule has 0 spiro atoms. The van der Waals surface area contributed by atoms with Crippen LogP contribution < -0.4 is 10.5 Å². The first-order valence-electron chi connectivity index (χ1n) is 5.95. The van der Waals surface area contributed by atoms with E-state index in [2.05, 4.69) is 6.92 Å². The van der Waals surface area contributed by atoms with Gasteiger partial charge in [-0.1, -0.05) is 31.6 Å². The average molecular weight is 271 g/mol. The van der Waals surface area contributed by atoms with Crippen molar-refractivity contribution in [3.63, 3.8) is 0 Å². The third-order valence-electron chi connectivity index (χ3n) is 2.35. The minimum absolute atomic E-state index is 0.00463. The van der Waals surface area contributed by atoms with Crippen LogP contribution in [0.15, 0.2) is 18.2 Å². The maximum absolute atomic E-state index is 13.5. The molecule has 0 aliphatic rings. The lowest BCUT2D eigenvalue weighted by atomic mass is 10.2. The van der Waals surface area contributed by atoms with Crippen LogP contribution in [0.4, 0.5) is 4.39 Å². The SMILES string of the molecule is CCCCOCCOc1cccc(F)c1C(N)=S. The number of nitrogens with two attached hydrogens (primary N) is 1. The molecule has 1 aromatic carbocycles. The number of halogens is 1. The molecule has 0 atom stereocenters. The molecular formula is C13H18FNO2S. The van der Waals surface area contributed by atoms with E-state index in [-0.39, 0.29) is 10.6 Å². The lowest BCUT2D eigenvalue weighted by molar-refractivity contribution is 0.0979. The molecule has 1 rings (SSSR count). The van der Waals surface area contributed by atoms with Crippen LogP contribution in [0, 0.1) is 5.82 Å². The van der Waals surface area contributed by atoms with Crippen molar-refractivity contribution >= 4 is 17.2 Å². The van der Waals surface area contributed by atoms with Gasteiger partial charge in [-0.15, -0.1) is 0 Å². The van der Waals surface area contributed by atoms with Gasteiger partial charge in [0.25, 0.3) is 0 Å². The molecule has 0 amide bonds. The first kappa shape index (κ1) is 14.9. The highest BCUT2D eigenvalue weighted by Crippen LogP contribution is 2.21. The summed E-state index contributed by atoms with van der Waals surface area (Å²) in [5, 5.41) is 0. The summed E-state index contributed by atoms with van der Waals surface area (Å²) in [5.74, 6) is -0.103. The molecule has 0 heterocycles. The monoisotopic (exact) mass is 271 g/mol. The summed E-state index contributed by atoms with van der Waals surface area (Å²) in [6.07, 6.45) is 2.12. The number of hydrogen-bond acceptors (Lipinski definition) is 3. The number of rotatable bonds is 8. The standard InChI is InChI=1S/C13H18FNO2S/c1-2-3-7-16-8-9-17-11-6-4-5-10(14)12(11)13(15)18/h4-6H,2-3,7-9H2,1H3,(H2,15,18). The zero-order valence-corrected chi connectivity index (χ0v) is 11.3. The molecule has 5 heteroatoms. The smallest absolute Gasteiger partial charge is 0.137 e. The number of benzene rings is 1. The van der Waals surface area contributed by atoms with E-state index >= 15 is 0 Å². The maximum atomic E-state index is 13.5. The van der Waals surface area contributed by atoms with E-state index < -0.39 is 5.82 Å². The molecule has 0 saturated heterocycles. The Kier molecular flexibility index (Phi) is 6.60. The number of unbranched alkanes of at least 4 members (excludes halogenated alkanes) is 1. The third kappa shape index (κ3) is 4.58. The number of thiocarbonyl (C=S) groups is 1. The van der Waals surface area contributed by atoms with Gasteiger partial charge in [0.1, 0.15) is 23.2 Å². The Bertz CT molecular complexity index is 399. The number of ether oxygens (including phenoxy) is 2. The van der Waals surface area contributed by atoms with Crippen LogP contribution in [0.25, 0.3) is 0 Å². The van der Waals surface area contributed by atoms with Crippen molar-refractivity contribution in [3.05, 3.63) is 29.6 Å². The van der Waals surface area contributed by atoms with E-state index in [0.29, 0.717) is 25.6 Å². The van der Waals surface area contributed by atoms with E-state index in [0.717, 1.165) is 12.8 Å². The molecule has 0 radical (unpaired) electrons. The van der Waals surface area contributed by atoms with Crippen molar-refractivity contribution in [2.45, 2.75) is 19.8 Å². The minimum atomic E-state index is -0.466. The highest BCUT2D eigenvalue weighted by molar-refractivity contribution is 7.80. The topological polar surface area (TPSA) is 44.5 Å². The molecule has 0 fully saturated rings. The highest BCUT2D eigenvalue weighted by Gasteiger charge is 2.11. The van der Waals surface area contributed by atoms with Gasteiger partial charge in [0.05, 0.1) is 12.2 Å². The van der Waals surface area contributed by atoms with Crippen LogP contribution >= 0.6 is 12.2 Å². The highest BCUT2D eigenvalue weighted by atomic mass is 32.1. The predicted molar refractivity (Wildman–Crippen MR) is 73.5 cm³/mol. The van der Waals surface area contributed by atoms with Crippen LogP contribution in [0.3, 0.4) is 0 Å². The lowest BCUT2D eigenvalue weighted by Gasteiger charge is -2.11. The molecule has 1 aromatic rings. The van der Waals surface area contributed by atoms with Gasteiger partial charge in [-0.05, 0) is 18.6 Å². The molecule has 0 aromatic heterocycles. The third-order valence-corrected chi connectivity index (χ3v) is 2.55. The maximum Gasteiger partial charge on any atom is 0.137 e. The van der Waals surface area contributed by atoms with Crippen molar-refractivity contribution in [3.8, 4) is 5.75 Å². The molecule has 2 N–H and O–H groups in total.